The molecule has 0 saturated carbocycles. The van der Waals surface area contributed by atoms with Gasteiger partial charge in [0.2, 0.25) is 0 Å². The Morgan fingerprint density at radius 1 is 1.33 bits per heavy atom. The summed E-state index contributed by atoms with van der Waals surface area (Å²) in [5.41, 5.74) is 8.37. The van der Waals surface area contributed by atoms with Crippen molar-refractivity contribution in [2.75, 3.05) is 5.73 Å². The topological polar surface area (TPSA) is 43.8 Å². The molecule has 2 rings (SSSR count). The van der Waals surface area contributed by atoms with Crippen molar-refractivity contribution in [3.8, 4) is 11.3 Å². The predicted molar refractivity (Wildman–Crippen MR) is 62.8 cm³/mol. The number of nitrogen functional groups attached to an aromatic ring is 1. The molecule has 0 bridgehead atoms. The molecule has 0 spiro atoms. The third kappa shape index (κ3) is 1.97. The van der Waals surface area contributed by atoms with Gasteiger partial charge in [0.05, 0.1) is 5.69 Å². The Hall–Kier alpha value is -1.48. The molecule has 0 radical (unpaired) electrons. The van der Waals surface area contributed by atoms with Crippen LogP contribution < -0.4 is 5.73 Å². The summed E-state index contributed by atoms with van der Waals surface area (Å²) >= 11 is 5.81. The Labute approximate surface area is 93.5 Å². The fraction of sp³-hybridized carbons (Fsp3) is 0.182. The number of anilines is 1. The molecule has 0 fully saturated rings. The van der Waals surface area contributed by atoms with Crippen molar-refractivity contribution in [1.82, 2.24) is 9.78 Å². The Kier molecular flexibility index (Phi) is 2.64. The second-order valence-electron chi connectivity index (χ2n) is 3.30. The maximum atomic E-state index is 5.87. The molecule has 3 nitrogen and oxygen atoms in total. The first-order valence-corrected chi connectivity index (χ1v) is 5.17. The maximum Gasteiger partial charge on any atom is 0.115 e. The molecule has 78 valence electrons. The van der Waals surface area contributed by atoms with E-state index in [1.54, 1.807) is 0 Å². The molecule has 4 heteroatoms. The minimum atomic E-state index is 0.694. The second kappa shape index (κ2) is 3.95. The summed E-state index contributed by atoms with van der Waals surface area (Å²) < 4.78 is 1.82. The fourth-order valence-electron chi connectivity index (χ4n) is 1.43. The number of nitrogens with two attached hydrogens (primary N) is 1. The Morgan fingerprint density at radius 3 is 2.53 bits per heavy atom. The zero-order valence-corrected chi connectivity index (χ0v) is 9.20. The van der Waals surface area contributed by atoms with Gasteiger partial charge >= 0.3 is 0 Å². The lowest BCUT2D eigenvalue weighted by atomic mass is 10.1. The van der Waals surface area contributed by atoms with Crippen LogP contribution in [-0.2, 0) is 6.54 Å². The molecule has 0 atom stereocenters. The van der Waals surface area contributed by atoms with Crippen molar-refractivity contribution >= 4 is 17.3 Å². The number of hydrogen-bond acceptors (Lipinski definition) is 2. The van der Waals surface area contributed by atoms with Gasteiger partial charge in [0.15, 0.2) is 0 Å². The molecule has 0 aliphatic carbocycles. The van der Waals surface area contributed by atoms with E-state index in [0.29, 0.717) is 10.7 Å². The van der Waals surface area contributed by atoms with Gasteiger partial charge in [0.1, 0.15) is 5.69 Å². The van der Waals surface area contributed by atoms with Crippen LogP contribution in [0.3, 0.4) is 0 Å². The highest BCUT2D eigenvalue weighted by atomic mass is 35.5. The lowest BCUT2D eigenvalue weighted by Crippen LogP contribution is -1.93. The minimum absolute atomic E-state index is 0.694. The Morgan fingerprint density at radius 2 is 2.00 bits per heavy atom. The maximum absolute atomic E-state index is 5.87. The van der Waals surface area contributed by atoms with Gasteiger partial charge in [-0.15, -0.1) is 0 Å². The van der Waals surface area contributed by atoms with E-state index in [1.165, 1.54) is 0 Å². The smallest absolute Gasteiger partial charge is 0.115 e. The van der Waals surface area contributed by atoms with E-state index in [2.05, 4.69) is 5.10 Å². The van der Waals surface area contributed by atoms with Gasteiger partial charge in [-0.2, -0.15) is 5.10 Å². The van der Waals surface area contributed by atoms with Crippen LogP contribution in [0, 0.1) is 0 Å². The molecular weight excluding hydrogens is 210 g/mol. The summed E-state index contributed by atoms with van der Waals surface area (Å²) in [4.78, 5) is 0. The van der Waals surface area contributed by atoms with E-state index in [0.717, 1.165) is 17.8 Å². The highest BCUT2D eigenvalue weighted by Gasteiger charge is 2.07. The molecular formula is C11H12ClN3. The molecule has 1 aromatic carbocycles. The van der Waals surface area contributed by atoms with E-state index < -0.39 is 0 Å². The average molecular weight is 222 g/mol. The fourth-order valence-corrected chi connectivity index (χ4v) is 1.56. The first-order valence-electron chi connectivity index (χ1n) is 4.79. The number of aromatic nitrogens is 2. The second-order valence-corrected chi connectivity index (χ2v) is 3.73. The number of rotatable bonds is 2. The van der Waals surface area contributed by atoms with Crippen LogP contribution in [0.2, 0.25) is 5.02 Å². The molecule has 0 aliphatic rings. The van der Waals surface area contributed by atoms with Crippen molar-refractivity contribution in [3.05, 3.63) is 35.5 Å². The van der Waals surface area contributed by atoms with E-state index in [9.17, 15) is 0 Å². The van der Waals surface area contributed by atoms with Gasteiger partial charge in [-0.25, -0.2) is 0 Å². The van der Waals surface area contributed by atoms with Gasteiger partial charge < -0.3 is 5.73 Å². The van der Waals surface area contributed by atoms with Crippen LogP contribution in [0.5, 0.6) is 0 Å². The first kappa shape index (κ1) is 10.1. The van der Waals surface area contributed by atoms with Crippen molar-refractivity contribution < 1.29 is 0 Å². The normalized spacial score (nSPS) is 10.5. The Bertz CT molecular complexity index is 459. The molecule has 0 amide bonds. The quantitative estimate of drug-likeness (QED) is 0.848. The van der Waals surface area contributed by atoms with Crippen molar-refractivity contribution in [3.63, 3.8) is 0 Å². The highest BCUT2D eigenvalue weighted by molar-refractivity contribution is 6.30. The van der Waals surface area contributed by atoms with Crippen molar-refractivity contribution in [2.45, 2.75) is 13.5 Å². The molecule has 15 heavy (non-hydrogen) atoms. The zero-order valence-electron chi connectivity index (χ0n) is 8.44. The average Bonchev–Trinajstić information content (AvgIpc) is 2.61. The van der Waals surface area contributed by atoms with Crippen molar-refractivity contribution in [2.24, 2.45) is 0 Å². The number of hydrogen-bond donors (Lipinski definition) is 1. The largest absolute Gasteiger partial charge is 0.396 e. The van der Waals surface area contributed by atoms with Crippen LogP contribution in [0.15, 0.2) is 30.5 Å². The molecule has 0 aliphatic heterocycles. The summed E-state index contributed by atoms with van der Waals surface area (Å²) in [6.07, 6.45) is 1.84. The van der Waals surface area contributed by atoms with Crippen LogP contribution in [0.4, 0.5) is 5.69 Å². The summed E-state index contributed by atoms with van der Waals surface area (Å²) in [6.45, 7) is 2.84. The molecule has 2 N–H and O–H groups in total. The SMILES string of the molecule is CCn1cc(N)c(-c2ccc(Cl)cc2)n1. The summed E-state index contributed by atoms with van der Waals surface area (Å²) in [6, 6.07) is 7.50. The number of benzene rings is 1. The van der Waals surface area contributed by atoms with E-state index in [-0.39, 0.29) is 0 Å². The zero-order chi connectivity index (χ0) is 10.8. The number of halogens is 1. The highest BCUT2D eigenvalue weighted by Crippen LogP contribution is 2.25. The molecule has 0 saturated heterocycles. The third-order valence-electron chi connectivity index (χ3n) is 2.23. The third-order valence-corrected chi connectivity index (χ3v) is 2.48. The monoisotopic (exact) mass is 221 g/mol. The van der Waals surface area contributed by atoms with Gasteiger partial charge in [0.25, 0.3) is 0 Å². The molecule has 1 heterocycles. The summed E-state index contributed by atoms with van der Waals surface area (Å²) in [5, 5.41) is 5.09. The first-order chi connectivity index (χ1) is 7.20. The van der Waals surface area contributed by atoms with Gasteiger partial charge in [-0.3, -0.25) is 4.68 Å². The number of aryl methyl sites for hydroxylation is 1. The van der Waals surface area contributed by atoms with E-state index in [4.69, 9.17) is 17.3 Å². The minimum Gasteiger partial charge on any atom is -0.396 e. The standard InChI is InChI=1S/C11H12ClN3/c1-2-15-7-10(13)11(14-15)8-3-5-9(12)6-4-8/h3-7H,2,13H2,1H3. The predicted octanol–water partition coefficient (Wildman–Crippen LogP) is 2.81. The lowest BCUT2D eigenvalue weighted by molar-refractivity contribution is 0.662. The van der Waals surface area contributed by atoms with Crippen LogP contribution in [-0.4, -0.2) is 9.78 Å². The van der Waals surface area contributed by atoms with Crippen LogP contribution >= 0.6 is 11.6 Å². The van der Waals surface area contributed by atoms with Gasteiger partial charge in [0, 0.05) is 23.3 Å². The van der Waals surface area contributed by atoms with Gasteiger partial charge in [-0.1, -0.05) is 23.7 Å². The van der Waals surface area contributed by atoms with Crippen LogP contribution in [0.25, 0.3) is 11.3 Å². The molecule has 1 aromatic heterocycles. The van der Waals surface area contributed by atoms with E-state index >= 15 is 0 Å². The Balaban J connectivity index is 2.44. The molecule has 0 unspecified atom stereocenters. The van der Waals surface area contributed by atoms with Gasteiger partial charge in [-0.05, 0) is 19.1 Å². The number of nitrogens with zero attached hydrogens (tertiary/aromatic N) is 2. The van der Waals surface area contributed by atoms with Crippen LogP contribution in [0.1, 0.15) is 6.92 Å². The lowest BCUT2D eigenvalue weighted by Gasteiger charge is -1.98. The summed E-state index contributed by atoms with van der Waals surface area (Å²) in [5.74, 6) is 0. The molecule has 2 aromatic rings. The van der Waals surface area contributed by atoms with Crippen molar-refractivity contribution in [1.29, 1.82) is 0 Å². The summed E-state index contributed by atoms with van der Waals surface area (Å²) in [7, 11) is 0. The van der Waals surface area contributed by atoms with E-state index in [1.807, 2.05) is 42.1 Å².